The highest BCUT2D eigenvalue weighted by atomic mass is 16.1. The molecule has 2 aliphatic rings. The van der Waals surface area contributed by atoms with Gasteiger partial charge in [-0.3, -0.25) is 4.79 Å². The van der Waals surface area contributed by atoms with Crippen molar-refractivity contribution in [3.63, 3.8) is 0 Å². The Morgan fingerprint density at radius 2 is 1.81 bits per heavy atom. The lowest BCUT2D eigenvalue weighted by atomic mass is 9.79. The van der Waals surface area contributed by atoms with E-state index in [0.29, 0.717) is 11.8 Å². The van der Waals surface area contributed by atoms with Crippen LogP contribution >= 0.6 is 0 Å². The molecule has 1 amide bonds. The van der Waals surface area contributed by atoms with E-state index in [1.807, 2.05) is 0 Å². The summed E-state index contributed by atoms with van der Waals surface area (Å²) in [7, 11) is 0. The van der Waals surface area contributed by atoms with Crippen molar-refractivity contribution < 1.29 is 4.79 Å². The fourth-order valence-corrected chi connectivity index (χ4v) is 4.34. The summed E-state index contributed by atoms with van der Waals surface area (Å²) in [5, 5.41) is 3.26. The van der Waals surface area contributed by atoms with E-state index in [0.717, 1.165) is 37.1 Å². The summed E-state index contributed by atoms with van der Waals surface area (Å²) in [5.74, 6) is 3.15. The Kier molecular flexibility index (Phi) is 7.06. The third-order valence-electron chi connectivity index (χ3n) is 5.79. The van der Waals surface area contributed by atoms with Crippen LogP contribution in [-0.4, -0.2) is 12.5 Å². The van der Waals surface area contributed by atoms with Crippen LogP contribution in [0.4, 0.5) is 0 Å². The summed E-state index contributed by atoms with van der Waals surface area (Å²) in [6.07, 6.45) is 14.2. The minimum Gasteiger partial charge on any atom is -0.356 e. The topological polar surface area (TPSA) is 29.1 Å². The van der Waals surface area contributed by atoms with E-state index < -0.39 is 0 Å². The number of carbonyl (C=O) groups is 1. The Bertz CT molecular complexity index is 307. The van der Waals surface area contributed by atoms with Gasteiger partial charge in [0.1, 0.15) is 0 Å². The van der Waals surface area contributed by atoms with E-state index >= 15 is 0 Å². The number of hydrogen-bond donors (Lipinski definition) is 1. The van der Waals surface area contributed by atoms with Crippen molar-refractivity contribution in [3.05, 3.63) is 0 Å². The van der Waals surface area contributed by atoms with Crippen molar-refractivity contribution >= 4 is 5.91 Å². The third-order valence-corrected chi connectivity index (χ3v) is 5.79. The van der Waals surface area contributed by atoms with Crippen LogP contribution in [-0.2, 0) is 4.79 Å². The van der Waals surface area contributed by atoms with Gasteiger partial charge in [0, 0.05) is 12.5 Å². The molecule has 0 saturated heterocycles. The van der Waals surface area contributed by atoms with E-state index in [2.05, 4.69) is 19.2 Å². The summed E-state index contributed by atoms with van der Waals surface area (Å²) < 4.78 is 0. The molecule has 0 aromatic heterocycles. The first-order chi connectivity index (χ1) is 10.2. The fraction of sp³-hybridized carbons (Fsp3) is 0.947. The van der Waals surface area contributed by atoms with Gasteiger partial charge in [-0.1, -0.05) is 46.0 Å². The predicted molar refractivity (Wildman–Crippen MR) is 89.1 cm³/mol. The first-order valence-electron chi connectivity index (χ1n) is 9.46. The van der Waals surface area contributed by atoms with Gasteiger partial charge in [-0.25, -0.2) is 0 Å². The summed E-state index contributed by atoms with van der Waals surface area (Å²) in [6, 6.07) is 0. The smallest absolute Gasteiger partial charge is 0.223 e. The second kappa shape index (κ2) is 8.80. The predicted octanol–water partition coefficient (Wildman–Crippen LogP) is 4.93. The number of carbonyl (C=O) groups excluding carboxylic acids is 1. The van der Waals surface area contributed by atoms with Gasteiger partial charge >= 0.3 is 0 Å². The zero-order chi connectivity index (χ0) is 15.1. The molecule has 0 aliphatic heterocycles. The fourth-order valence-electron chi connectivity index (χ4n) is 4.34. The van der Waals surface area contributed by atoms with Gasteiger partial charge in [-0.05, 0) is 56.3 Å². The van der Waals surface area contributed by atoms with Crippen LogP contribution in [0.5, 0.6) is 0 Å². The SMILES string of the molecule is CCCCC1CCC(C(=O)NCC2CCCC(C)C2)CC1. The van der Waals surface area contributed by atoms with Crippen LogP contribution < -0.4 is 5.32 Å². The summed E-state index contributed by atoms with van der Waals surface area (Å²) in [4.78, 5) is 12.3. The molecule has 2 heteroatoms. The third kappa shape index (κ3) is 5.64. The molecule has 21 heavy (non-hydrogen) atoms. The van der Waals surface area contributed by atoms with Crippen molar-refractivity contribution in [1.82, 2.24) is 5.32 Å². The lowest BCUT2D eigenvalue weighted by Crippen LogP contribution is -2.37. The van der Waals surface area contributed by atoms with E-state index in [9.17, 15) is 4.79 Å². The molecule has 0 bridgehead atoms. The number of nitrogens with one attached hydrogen (secondary N) is 1. The number of amides is 1. The van der Waals surface area contributed by atoms with E-state index in [4.69, 9.17) is 0 Å². The lowest BCUT2D eigenvalue weighted by Gasteiger charge is -2.30. The van der Waals surface area contributed by atoms with E-state index in [1.165, 1.54) is 57.8 Å². The molecule has 2 unspecified atom stereocenters. The molecule has 2 aliphatic carbocycles. The number of rotatable bonds is 6. The summed E-state index contributed by atoms with van der Waals surface area (Å²) in [5.41, 5.74) is 0. The Balaban J connectivity index is 1.63. The Morgan fingerprint density at radius 1 is 1.05 bits per heavy atom. The molecule has 2 rings (SSSR count). The maximum absolute atomic E-state index is 12.3. The molecule has 0 radical (unpaired) electrons. The van der Waals surface area contributed by atoms with Crippen LogP contribution in [0.2, 0.25) is 0 Å². The average molecular weight is 293 g/mol. The monoisotopic (exact) mass is 293 g/mol. The second-order valence-corrected chi connectivity index (χ2v) is 7.74. The molecular weight excluding hydrogens is 258 g/mol. The first-order valence-corrected chi connectivity index (χ1v) is 9.46. The van der Waals surface area contributed by atoms with Crippen LogP contribution in [0.1, 0.15) is 84.5 Å². The number of hydrogen-bond acceptors (Lipinski definition) is 1. The van der Waals surface area contributed by atoms with Gasteiger partial charge in [0.25, 0.3) is 0 Å². The van der Waals surface area contributed by atoms with Crippen LogP contribution in [0.15, 0.2) is 0 Å². The highest BCUT2D eigenvalue weighted by Crippen LogP contribution is 2.32. The molecule has 0 heterocycles. The van der Waals surface area contributed by atoms with Gasteiger partial charge < -0.3 is 5.32 Å². The van der Waals surface area contributed by atoms with Gasteiger partial charge in [-0.15, -0.1) is 0 Å². The van der Waals surface area contributed by atoms with Gasteiger partial charge in [0.05, 0.1) is 0 Å². The molecule has 0 aromatic rings. The number of unbranched alkanes of at least 4 members (excludes halogenated alkanes) is 1. The first kappa shape index (κ1) is 16.8. The van der Waals surface area contributed by atoms with Crippen molar-refractivity contribution in [2.45, 2.75) is 84.5 Å². The maximum atomic E-state index is 12.3. The van der Waals surface area contributed by atoms with Crippen molar-refractivity contribution in [1.29, 1.82) is 0 Å². The molecule has 2 saturated carbocycles. The van der Waals surface area contributed by atoms with E-state index in [1.54, 1.807) is 0 Å². The van der Waals surface area contributed by atoms with Crippen LogP contribution in [0.3, 0.4) is 0 Å². The normalized spacial score (nSPS) is 33.6. The van der Waals surface area contributed by atoms with Crippen LogP contribution in [0, 0.1) is 23.7 Å². The molecule has 2 atom stereocenters. The quantitative estimate of drug-likeness (QED) is 0.739. The minimum absolute atomic E-state index is 0.309. The maximum Gasteiger partial charge on any atom is 0.223 e. The van der Waals surface area contributed by atoms with Crippen molar-refractivity contribution in [2.75, 3.05) is 6.54 Å². The van der Waals surface area contributed by atoms with Gasteiger partial charge in [0.15, 0.2) is 0 Å². The van der Waals surface area contributed by atoms with Crippen LogP contribution in [0.25, 0.3) is 0 Å². The Morgan fingerprint density at radius 3 is 2.48 bits per heavy atom. The Labute approximate surface area is 131 Å². The van der Waals surface area contributed by atoms with Gasteiger partial charge in [0.2, 0.25) is 5.91 Å². The zero-order valence-corrected chi connectivity index (χ0v) is 14.2. The molecule has 122 valence electrons. The molecular formula is C19H35NO. The average Bonchev–Trinajstić information content (AvgIpc) is 2.51. The largest absolute Gasteiger partial charge is 0.356 e. The zero-order valence-electron chi connectivity index (χ0n) is 14.2. The molecule has 2 nitrogen and oxygen atoms in total. The minimum atomic E-state index is 0.309. The molecule has 1 N–H and O–H groups in total. The second-order valence-electron chi connectivity index (χ2n) is 7.74. The van der Waals surface area contributed by atoms with Crippen molar-refractivity contribution in [3.8, 4) is 0 Å². The standard InChI is InChI=1S/C19H35NO/c1-3-4-7-16-9-11-18(12-10-16)19(21)20-14-17-8-5-6-15(2)13-17/h15-18H,3-14H2,1-2H3,(H,20,21). The van der Waals surface area contributed by atoms with Gasteiger partial charge in [-0.2, -0.15) is 0 Å². The summed E-state index contributed by atoms with van der Waals surface area (Å²) in [6.45, 7) is 5.55. The van der Waals surface area contributed by atoms with E-state index in [-0.39, 0.29) is 0 Å². The summed E-state index contributed by atoms with van der Waals surface area (Å²) >= 11 is 0. The lowest BCUT2D eigenvalue weighted by molar-refractivity contribution is -0.126. The highest BCUT2D eigenvalue weighted by Gasteiger charge is 2.26. The molecule has 0 aromatic carbocycles. The molecule has 0 spiro atoms. The van der Waals surface area contributed by atoms with Crippen molar-refractivity contribution in [2.24, 2.45) is 23.7 Å². The Hall–Kier alpha value is -0.530. The molecule has 2 fully saturated rings. The highest BCUT2D eigenvalue weighted by molar-refractivity contribution is 5.78.